The maximum atomic E-state index is 6.14. The number of nitrogens with two attached hydrogens (primary N) is 1. The minimum Gasteiger partial charge on any atom is -0.497 e. The van der Waals surface area contributed by atoms with Gasteiger partial charge in [0.25, 0.3) is 0 Å². The molecule has 0 radical (unpaired) electrons. The van der Waals surface area contributed by atoms with E-state index in [1.54, 1.807) is 18.4 Å². The molecule has 0 aliphatic heterocycles. The van der Waals surface area contributed by atoms with Gasteiger partial charge in [0.2, 0.25) is 0 Å². The van der Waals surface area contributed by atoms with E-state index in [-0.39, 0.29) is 6.04 Å². The number of aromatic nitrogens is 1. The first kappa shape index (κ1) is 14.0. The van der Waals surface area contributed by atoms with Crippen LogP contribution < -0.4 is 10.5 Å². The van der Waals surface area contributed by atoms with Gasteiger partial charge in [-0.2, -0.15) is 0 Å². The molecule has 1 aromatic carbocycles. The molecule has 102 valence electrons. The zero-order valence-electron chi connectivity index (χ0n) is 11.6. The molecule has 0 bridgehead atoms. The monoisotopic (exact) mass is 276 g/mol. The molecule has 1 unspecified atom stereocenters. The molecule has 19 heavy (non-hydrogen) atoms. The number of nitrogens with zero attached hydrogens (tertiary/aromatic N) is 1. The molecular weight excluding hydrogens is 256 g/mol. The summed E-state index contributed by atoms with van der Waals surface area (Å²) in [6.07, 6.45) is 2.06. The van der Waals surface area contributed by atoms with E-state index in [4.69, 9.17) is 15.5 Å². The fourth-order valence-corrected chi connectivity index (χ4v) is 3.01. The third-order valence-corrected chi connectivity index (χ3v) is 4.20. The van der Waals surface area contributed by atoms with Crippen LogP contribution in [0.3, 0.4) is 0 Å². The number of rotatable bonds is 5. The lowest BCUT2D eigenvalue weighted by Crippen LogP contribution is -2.09. The largest absolute Gasteiger partial charge is 0.497 e. The van der Waals surface area contributed by atoms with E-state index in [0.717, 1.165) is 34.9 Å². The fourth-order valence-electron chi connectivity index (χ4n) is 2.03. The zero-order chi connectivity index (χ0) is 13.8. The summed E-state index contributed by atoms with van der Waals surface area (Å²) in [6, 6.07) is 8.05. The maximum Gasteiger partial charge on any atom is 0.118 e. The number of hydrogen-bond donors (Lipinski definition) is 1. The minimum absolute atomic E-state index is 0.0562. The molecule has 1 atom stereocenters. The summed E-state index contributed by atoms with van der Waals surface area (Å²) in [5, 5.41) is 1.03. The van der Waals surface area contributed by atoms with Gasteiger partial charge in [-0.25, -0.2) is 4.98 Å². The Labute approximate surface area is 118 Å². The summed E-state index contributed by atoms with van der Waals surface area (Å²) < 4.78 is 5.17. The van der Waals surface area contributed by atoms with Crippen LogP contribution >= 0.6 is 11.3 Å². The van der Waals surface area contributed by atoms with Gasteiger partial charge in [-0.05, 0) is 37.6 Å². The number of benzene rings is 1. The fraction of sp³-hybridized carbons (Fsp3) is 0.400. The van der Waals surface area contributed by atoms with Crippen molar-refractivity contribution >= 4 is 11.3 Å². The van der Waals surface area contributed by atoms with Gasteiger partial charge < -0.3 is 10.5 Å². The van der Waals surface area contributed by atoms with Gasteiger partial charge in [0.05, 0.1) is 18.8 Å². The Bertz CT molecular complexity index is 534. The van der Waals surface area contributed by atoms with Crippen molar-refractivity contribution in [3.63, 3.8) is 0 Å². The quantitative estimate of drug-likeness (QED) is 0.900. The molecule has 2 aromatic rings. The van der Waals surface area contributed by atoms with Crippen molar-refractivity contribution in [3.8, 4) is 17.0 Å². The summed E-state index contributed by atoms with van der Waals surface area (Å²) in [7, 11) is 1.67. The van der Waals surface area contributed by atoms with Gasteiger partial charge in [-0.15, -0.1) is 11.3 Å². The van der Waals surface area contributed by atoms with Gasteiger partial charge in [-0.3, -0.25) is 0 Å². The lowest BCUT2D eigenvalue weighted by molar-refractivity contribution is 0.415. The van der Waals surface area contributed by atoms with Crippen LogP contribution in [0.4, 0.5) is 0 Å². The van der Waals surface area contributed by atoms with E-state index >= 15 is 0 Å². The highest BCUT2D eigenvalue weighted by Crippen LogP contribution is 2.31. The third kappa shape index (κ3) is 3.14. The second kappa shape index (κ2) is 6.17. The van der Waals surface area contributed by atoms with Crippen LogP contribution in [0.1, 0.15) is 35.7 Å². The van der Waals surface area contributed by atoms with E-state index in [9.17, 15) is 0 Å². The molecule has 0 aliphatic carbocycles. The molecule has 1 heterocycles. The lowest BCUT2D eigenvalue weighted by Gasteiger charge is -2.05. The van der Waals surface area contributed by atoms with Crippen molar-refractivity contribution in [2.24, 2.45) is 5.73 Å². The van der Waals surface area contributed by atoms with E-state index in [0.29, 0.717) is 0 Å². The Kier molecular flexibility index (Phi) is 4.56. The van der Waals surface area contributed by atoms with Crippen molar-refractivity contribution in [2.45, 2.75) is 32.7 Å². The van der Waals surface area contributed by atoms with E-state index in [1.807, 2.05) is 24.3 Å². The standard InChI is InChI=1S/C15H20N2OS/c1-4-5-13(16)15-17-14(10(2)19-15)11-6-8-12(18-3)9-7-11/h6-9,13H,4-5,16H2,1-3H3. The van der Waals surface area contributed by atoms with Crippen molar-refractivity contribution in [1.29, 1.82) is 0 Å². The SMILES string of the molecule is CCCC(N)c1nc(-c2ccc(OC)cc2)c(C)s1. The molecule has 0 spiro atoms. The first-order valence-electron chi connectivity index (χ1n) is 6.53. The van der Waals surface area contributed by atoms with Crippen LogP contribution in [-0.4, -0.2) is 12.1 Å². The number of thiazole rings is 1. The molecule has 3 nitrogen and oxygen atoms in total. The van der Waals surface area contributed by atoms with Crippen LogP contribution in [-0.2, 0) is 0 Å². The average molecular weight is 276 g/mol. The highest BCUT2D eigenvalue weighted by atomic mass is 32.1. The third-order valence-electron chi connectivity index (χ3n) is 3.09. The molecule has 0 saturated heterocycles. The molecule has 2 rings (SSSR count). The van der Waals surface area contributed by atoms with Crippen LogP contribution in [0.5, 0.6) is 5.75 Å². The van der Waals surface area contributed by atoms with Crippen LogP contribution in [0, 0.1) is 6.92 Å². The molecule has 0 saturated carbocycles. The van der Waals surface area contributed by atoms with Crippen LogP contribution in [0.25, 0.3) is 11.3 Å². The van der Waals surface area contributed by atoms with Gasteiger partial charge in [0, 0.05) is 10.4 Å². The molecule has 1 aromatic heterocycles. The van der Waals surface area contributed by atoms with Crippen LogP contribution in [0.15, 0.2) is 24.3 Å². The van der Waals surface area contributed by atoms with Gasteiger partial charge >= 0.3 is 0 Å². The Morgan fingerprint density at radius 3 is 2.58 bits per heavy atom. The second-order valence-electron chi connectivity index (χ2n) is 4.58. The van der Waals surface area contributed by atoms with Crippen molar-refractivity contribution in [3.05, 3.63) is 34.2 Å². The molecule has 4 heteroatoms. The van der Waals surface area contributed by atoms with E-state index < -0.39 is 0 Å². The minimum atomic E-state index is 0.0562. The van der Waals surface area contributed by atoms with Gasteiger partial charge in [0.1, 0.15) is 10.8 Å². The highest BCUT2D eigenvalue weighted by Gasteiger charge is 2.14. The maximum absolute atomic E-state index is 6.14. The number of hydrogen-bond acceptors (Lipinski definition) is 4. The van der Waals surface area contributed by atoms with Crippen molar-refractivity contribution in [2.75, 3.05) is 7.11 Å². The molecular formula is C15H20N2OS. The van der Waals surface area contributed by atoms with Crippen molar-refractivity contribution < 1.29 is 4.74 Å². The molecule has 0 amide bonds. The summed E-state index contributed by atoms with van der Waals surface area (Å²) in [5.74, 6) is 0.861. The van der Waals surface area contributed by atoms with Gasteiger partial charge in [-0.1, -0.05) is 13.3 Å². The molecule has 2 N–H and O–H groups in total. The summed E-state index contributed by atoms with van der Waals surface area (Å²) in [6.45, 7) is 4.24. The van der Waals surface area contributed by atoms with Crippen molar-refractivity contribution in [1.82, 2.24) is 4.98 Å². The van der Waals surface area contributed by atoms with Crippen LogP contribution in [0.2, 0.25) is 0 Å². The Hall–Kier alpha value is -1.39. The predicted octanol–water partition coefficient (Wildman–Crippen LogP) is 3.93. The summed E-state index contributed by atoms with van der Waals surface area (Å²) in [5.41, 5.74) is 8.29. The summed E-state index contributed by atoms with van der Waals surface area (Å²) in [4.78, 5) is 5.92. The Morgan fingerprint density at radius 2 is 2.00 bits per heavy atom. The Balaban J connectivity index is 2.28. The first-order chi connectivity index (χ1) is 9.15. The average Bonchev–Trinajstić information content (AvgIpc) is 2.81. The number of methoxy groups -OCH3 is 1. The molecule has 0 aliphatic rings. The zero-order valence-corrected chi connectivity index (χ0v) is 12.5. The topological polar surface area (TPSA) is 48.1 Å². The first-order valence-corrected chi connectivity index (χ1v) is 7.34. The van der Waals surface area contributed by atoms with E-state index in [2.05, 4.69) is 13.8 Å². The normalized spacial score (nSPS) is 12.4. The lowest BCUT2D eigenvalue weighted by atomic mass is 10.1. The molecule has 0 fully saturated rings. The summed E-state index contributed by atoms with van der Waals surface area (Å²) >= 11 is 1.70. The predicted molar refractivity (Wildman–Crippen MR) is 80.7 cm³/mol. The second-order valence-corrected chi connectivity index (χ2v) is 5.82. The highest BCUT2D eigenvalue weighted by molar-refractivity contribution is 7.12. The smallest absolute Gasteiger partial charge is 0.118 e. The number of aryl methyl sites for hydroxylation is 1. The van der Waals surface area contributed by atoms with Gasteiger partial charge in [0.15, 0.2) is 0 Å². The van der Waals surface area contributed by atoms with E-state index in [1.165, 1.54) is 4.88 Å². The Morgan fingerprint density at radius 1 is 1.32 bits per heavy atom. The number of ether oxygens (including phenoxy) is 1.